The molecule has 24 heavy (non-hydrogen) atoms. The minimum atomic E-state index is 0.0737. The molecule has 1 fully saturated rings. The fourth-order valence-electron chi connectivity index (χ4n) is 3.39. The predicted molar refractivity (Wildman–Crippen MR) is 103 cm³/mol. The van der Waals surface area contributed by atoms with E-state index in [1.807, 2.05) is 35.2 Å². The number of benzene rings is 1. The molecule has 0 aliphatic heterocycles. The number of alkyl halides is 1. The van der Waals surface area contributed by atoms with E-state index in [1.54, 1.807) is 0 Å². The van der Waals surface area contributed by atoms with Crippen molar-refractivity contribution >= 4 is 34.8 Å². The smallest absolute Gasteiger partial charge is 0.228 e. The predicted octanol–water partition coefficient (Wildman–Crippen LogP) is 4.78. The highest BCUT2D eigenvalue weighted by Gasteiger charge is 2.32. The van der Waals surface area contributed by atoms with Gasteiger partial charge in [-0.3, -0.25) is 4.79 Å². The normalized spacial score (nSPS) is 21.1. The van der Waals surface area contributed by atoms with Crippen molar-refractivity contribution < 1.29 is 4.79 Å². The molecule has 0 radical (unpaired) electrons. The van der Waals surface area contributed by atoms with Gasteiger partial charge < -0.3 is 10.2 Å². The highest BCUT2D eigenvalue weighted by molar-refractivity contribution is 6.30. The number of hydrogen-bond acceptors (Lipinski definition) is 2. The Morgan fingerprint density at radius 2 is 1.96 bits per heavy atom. The molecular weight excluding hydrogens is 343 g/mol. The molecule has 1 aromatic rings. The summed E-state index contributed by atoms with van der Waals surface area (Å²) in [7, 11) is 0. The van der Waals surface area contributed by atoms with Gasteiger partial charge >= 0.3 is 0 Å². The van der Waals surface area contributed by atoms with Crippen LogP contribution in [0.3, 0.4) is 0 Å². The summed E-state index contributed by atoms with van der Waals surface area (Å²) < 4.78 is 0. The van der Waals surface area contributed by atoms with Gasteiger partial charge in [-0.1, -0.05) is 36.9 Å². The maximum absolute atomic E-state index is 12.8. The van der Waals surface area contributed by atoms with Crippen LogP contribution in [0.5, 0.6) is 0 Å². The van der Waals surface area contributed by atoms with Crippen molar-refractivity contribution in [2.45, 2.75) is 50.6 Å². The third-order valence-corrected chi connectivity index (χ3v) is 4.96. The van der Waals surface area contributed by atoms with Gasteiger partial charge in [0, 0.05) is 35.6 Å². The Balaban J connectivity index is 2.32. The summed E-state index contributed by atoms with van der Waals surface area (Å²) in [5.41, 5.74) is 0.895. The highest BCUT2D eigenvalue weighted by Crippen LogP contribution is 2.29. The number of nitrogens with one attached hydrogen (secondary N) is 1. The number of rotatable bonds is 7. The Morgan fingerprint density at radius 3 is 2.62 bits per heavy atom. The van der Waals surface area contributed by atoms with Crippen LogP contribution in [0.25, 0.3) is 0 Å². The van der Waals surface area contributed by atoms with Crippen LogP contribution < -0.4 is 10.2 Å². The lowest BCUT2D eigenvalue weighted by Crippen LogP contribution is -2.52. The Labute approximate surface area is 155 Å². The zero-order chi connectivity index (χ0) is 17.4. The maximum atomic E-state index is 12.8. The van der Waals surface area contributed by atoms with Gasteiger partial charge in [0.05, 0.1) is 6.04 Å². The zero-order valence-electron chi connectivity index (χ0n) is 14.0. The highest BCUT2D eigenvalue weighted by atomic mass is 35.5. The lowest BCUT2D eigenvalue weighted by atomic mass is 9.99. The quantitative estimate of drug-likeness (QED) is 0.426. The number of carbonyl (C=O) groups excluding carboxylic acids is 1. The number of anilines is 1. The molecule has 2 rings (SSSR count). The standard InChI is InChI=1S/C19H26Cl2N2O/c1-2-14-22-17-6-4-3-5-7-18(17)23(19(24)12-13-20)16-10-8-15(21)9-11-16/h2,8-11,17-18,22H,1,3-7,12-14H2. The fraction of sp³-hybridized carbons (Fsp3) is 0.526. The molecule has 3 nitrogen and oxygen atoms in total. The van der Waals surface area contributed by atoms with Crippen molar-refractivity contribution in [1.29, 1.82) is 0 Å². The van der Waals surface area contributed by atoms with Crippen LogP contribution in [-0.4, -0.2) is 30.4 Å². The van der Waals surface area contributed by atoms with Gasteiger partial charge in [-0.2, -0.15) is 0 Å². The van der Waals surface area contributed by atoms with E-state index in [2.05, 4.69) is 11.9 Å². The average Bonchev–Trinajstić information content (AvgIpc) is 2.81. The van der Waals surface area contributed by atoms with Crippen molar-refractivity contribution in [3.05, 3.63) is 41.9 Å². The van der Waals surface area contributed by atoms with Crippen LogP contribution in [0, 0.1) is 0 Å². The van der Waals surface area contributed by atoms with Gasteiger partial charge in [0.15, 0.2) is 0 Å². The van der Waals surface area contributed by atoms with Gasteiger partial charge in [-0.25, -0.2) is 0 Å². The average molecular weight is 369 g/mol. The summed E-state index contributed by atoms with van der Waals surface area (Å²) in [5, 5.41) is 4.22. The summed E-state index contributed by atoms with van der Waals surface area (Å²) >= 11 is 11.9. The van der Waals surface area contributed by atoms with Crippen molar-refractivity contribution in [2.75, 3.05) is 17.3 Å². The van der Waals surface area contributed by atoms with E-state index < -0.39 is 0 Å². The number of hydrogen-bond donors (Lipinski definition) is 1. The van der Waals surface area contributed by atoms with E-state index in [0.717, 1.165) is 31.5 Å². The molecule has 2 atom stereocenters. The number of amides is 1. The molecule has 0 saturated heterocycles. The van der Waals surface area contributed by atoms with Gasteiger partial charge in [0.1, 0.15) is 0 Å². The minimum Gasteiger partial charge on any atom is -0.308 e. The lowest BCUT2D eigenvalue weighted by Gasteiger charge is -2.37. The number of carbonyl (C=O) groups is 1. The Bertz CT molecular complexity index is 533. The van der Waals surface area contributed by atoms with Crippen LogP contribution in [0.2, 0.25) is 5.02 Å². The van der Waals surface area contributed by atoms with E-state index in [4.69, 9.17) is 23.2 Å². The first-order valence-corrected chi connectivity index (χ1v) is 9.56. The van der Waals surface area contributed by atoms with E-state index in [-0.39, 0.29) is 18.0 Å². The second-order valence-corrected chi connectivity index (χ2v) is 7.00. The molecule has 1 saturated carbocycles. The zero-order valence-corrected chi connectivity index (χ0v) is 15.5. The second-order valence-electron chi connectivity index (χ2n) is 6.19. The molecule has 0 spiro atoms. The van der Waals surface area contributed by atoms with E-state index >= 15 is 0 Å². The molecule has 5 heteroatoms. The molecule has 1 aliphatic rings. The van der Waals surface area contributed by atoms with Gasteiger partial charge in [-0.15, -0.1) is 18.2 Å². The third kappa shape index (κ3) is 5.23. The molecular formula is C19H26Cl2N2O. The van der Waals surface area contributed by atoms with Crippen LogP contribution in [0.15, 0.2) is 36.9 Å². The molecule has 0 aromatic heterocycles. The summed E-state index contributed by atoms with van der Waals surface area (Å²) in [6.07, 6.45) is 7.80. The van der Waals surface area contributed by atoms with Gasteiger partial charge in [0.2, 0.25) is 5.91 Å². The van der Waals surface area contributed by atoms with Crippen LogP contribution >= 0.6 is 23.2 Å². The number of nitrogens with zero attached hydrogens (tertiary/aromatic N) is 1. The minimum absolute atomic E-state index is 0.0737. The molecule has 132 valence electrons. The molecule has 0 heterocycles. The van der Waals surface area contributed by atoms with Crippen LogP contribution in [-0.2, 0) is 4.79 Å². The summed E-state index contributed by atoms with van der Waals surface area (Å²) in [6.45, 7) is 4.54. The maximum Gasteiger partial charge on any atom is 0.228 e. The molecule has 1 N–H and O–H groups in total. The second kappa shape index (κ2) is 10.1. The largest absolute Gasteiger partial charge is 0.308 e. The van der Waals surface area contributed by atoms with E-state index in [0.29, 0.717) is 17.3 Å². The van der Waals surface area contributed by atoms with Crippen LogP contribution in [0.4, 0.5) is 5.69 Å². The molecule has 2 unspecified atom stereocenters. The first kappa shape index (κ1) is 19.3. The Kier molecular flexibility index (Phi) is 8.10. The summed E-state index contributed by atoms with van der Waals surface area (Å²) in [6, 6.07) is 7.90. The topological polar surface area (TPSA) is 32.3 Å². The monoisotopic (exact) mass is 368 g/mol. The van der Waals surface area contributed by atoms with Gasteiger partial charge in [0.25, 0.3) is 0 Å². The first-order chi connectivity index (χ1) is 11.7. The Morgan fingerprint density at radius 1 is 1.25 bits per heavy atom. The summed E-state index contributed by atoms with van der Waals surface area (Å²) in [5.74, 6) is 0.407. The van der Waals surface area contributed by atoms with Crippen molar-refractivity contribution in [2.24, 2.45) is 0 Å². The molecule has 1 amide bonds. The van der Waals surface area contributed by atoms with Crippen molar-refractivity contribution in [3.8, 4) is 0 Å². The lowest BCUT2D eigenvalue weighted by molar-refractivity contribution is -0.118. The summed E-state index contributed by atoms with van der Waals surface area (Å²) in [4.78, 5) is 14.8. The van der Waals surface area contributed by atoms with E-state index in [9.17, 15) is 4.79 Å². The SMILES string of the molecule is C=CCNC1CCCCCC1N(C(=O)CCCl)c1ccc(Cl)cc1. The molecule has 1 aromatic carbocycles. The number of halogens is 2. The molecule has 1 aliphatic carbocycles. The van der Waals surface area contributed by atoms with Gasteiger partial charge in [-0.05, 0) is 37.1 Å². The first-order valence-electron chi connectivity index (χ1n) is 8.65. The van der Waals surface area contributed by atoms with Crippen molar-refractivity contribution in [3.63, 3.8) is 0 Å². The molecule has 0 bridgehead atoms. The van der Waals surface area contributed by atoms with Crippen molar-refractivity contribution in [1.82, 2.24) is 5.32 Å². The third-order valence-electron chi connectivity index (χ3n) is 4.52. The van der Waals surface area contributed by atoms with E-state index in [1.165, 1.54) is 12.8 Å². The fourth-order valence-corrected chi connectivity index (χ4v) is 3.68. The van der Waals surface area contributed by atoms with Crippen LogP contribution in [0.1, 0.15) is 38.5 Å². The Hall–Kier alpha value is -1.03.